The van der Waals surface area contributed by atoms with Crippen LogP contribution in [-0.2, 0) is 0 Å². The van der Waals surface area contributed by atoms with Crippen LogP contribution in [0.1, 0.15) is 34.1 Å². The zero-order valence-electron chi connectivity index (χ0n) is 9.90. The molecule has 2 N–H and O–H groups in total. The Balaban J connectivity index is 4.78. The van der Waals surface area contributed by atoms with Crippen LogP contribution in [0, 0.1) is 0 Å². The Kier molecular flexibility index (Phi) is 4.81. The van der Waals surface area contributed by atoms with Gasteiger partial charge in [0.1, 0.15) is 0 Å². The number of carboxylic acid groups (broad SMARTS) is 1. The fourth-order valence-corrected chi connectivity index (χ4v) is 1.61. The van der Waals surface area contributed by atoms with Gasteiger partial charge in [-0.3, -0.25) is 4.90 Å². The van der Waals surface area contributed by atoms with Crippen molar-refractivity contribution in [2.45, 2.75) is 51.8 Å². The summed E-state index contributed by atoms with van der Waals surface area (Å²) in [5, 5.41) is 18.8. The molecule has 4 nitrogen and oxygen atoms in total. The van der Waals surface area contributed by atoms with E-state index < -0.39 is 23.8 Å². The molecule has 0 aliphatic rings. The van der Waals surface area contributed by atoms with Gasteiger partial charge in [-0.25, -0.2) is 4.79 Å². The summed E-state index contributed by atoms with van der Waals surface area (Å²) < 4.78 is 0. The van der Waals surface area contributed by atoms with Crippen LogP contribution in [0.15, 0.2) is 12.7 Å². The van der Waals surface area contributed by atoms with E-state index in [1.807, 2.05) is 0 Å². The molecule has 0 heterocycles. The third-order valence-electron chi connectivity index (χ3n) is 2.30. The number of aliphatic hydroxyl groups excluding tert-OH is 1. The predicted octanol–water partition coefficient (Wildman–Crippen LogP) is 2.09. The van der Waals surface area contributed by atoms with E-state index in [-0.39, 0.29) is 0 Å². The molecule has 0 aliphatic heterocycles. The number of rotatable bonds is 4. The van der Waals surface area contributed by atoms with Crippen molar-refractivity contribution in [3.05, 3.63) is 12.7 Å². The minimum Gasteiger partial charge on any atom is -0.465 e. The molecule has 4 heteroatoms. The third kappa shape index (κ3) is 3.91. The Bertz CT molecular complexity index is 232. The highest BCUT2D eigenvalue weighted by atomic mass is 16.4. The fourth-order valence-electron chi connectivity index (χ4n) is 1.61. The second-order valence-electron chi connectivity index (χ2n) is 4.66. The van der Waals surface area contributed by atoms with Gasteiger partial charge < -0.3 is 10.2 Å². The van der Waals surface area contributed by atoms with E-state index in [0.29, 0.717) is 6.42 Å². The Labute approximate surface area is 91.2 Å². The largest absolute Gasteiger partial charge is 0.465 e. The van der Waals surface area contributed by atoms with Gasteiger partial charge in [-0.05, 0) is 34.1 Å². The Morgan fingerprint density at radius 2 is 2.00 bits per heavy atom. The summed E-state index contributed by atoms with van der Waals surface area (Å²) in [7, 11) is 0. The van der Waals surface area contributed by atoms with Crippen LogP contribution in [0.2, 0.25) is 0 Å². The van der Waals surface area contributed by atoms with Crippen molar-refractivity contribution in [3.63, 3.8) is 0 Å². The van der Waals surface area contributed by atoms with Crippen LogP contribution in [0.25, 0.3) is 0 Å². The molecule has 1 amide bonds. The highest BCUT2D eigenvalue weighted by Gasteiger charge is 2.33. The molecule has 0 fully saturated rings. The van der Waals surface area contributed by atoms with Gasteiger partial charge in [0.25, 0.3) is 0 Å². The topological polar surface area (TPSA) is 60.8 Å². The molecule has 0 bridgehead atoms. The van der Waals surface area contributed by atoms with Gasteiger partial charge in [-0.15, -0.1) is 6.58 Å². The van der Waals surface area contributed by atoms with Crippen LogP contribution < -0.4 is 0 Å². The molecule has 0 aromatic rings. The van der Waals surface area contributed by atoms with Crippen LogP contribution in [-0.4, -0.2) is 38.9 Å². The lowest BCUT2D eigenvalue weighted by Gasteiger charge is -2.39. The monoisotopic (exact) mass is 215 g/mol. The minimum absolute atomic E-state index is 0.390. The van der Waals surface area contributed by atoms with Gasteiger partial charge in [0.2, 0.25) is 0 Å². The molecule has 0 unspecified atom stereocenters. The number of amides is 1. The molecular formula is C11H21NO3. The Morgan fingerprint density at radius 1 is 1.53 bits per heavy atom. The SMILES string of the molecule is C=CC[C@@H](O)[C@@H](C)N(C(=O)O)C(C)(C)C. The molecule has 88 valence electrons. The molecule has 2 atom stereocenters. The van der Waals surface area contributed by atoms with Crippen molar-refractivity contribution in [2.24, 2.45) is 0 Å². The van der Waals surface area contributed by atoms with Gasteiger partial charge in [0.15, 0.2) is 0 Å². The molecular weight excluding hydrogens is 194 g/mol. The van der Waals surface area contributed by atoms with Crippen molar-refractivity contribution >= 4 is 6.09 Å². The van der Waals surface area contributed by atoms with Crippen molar-refractivity contribution < 1.29 is 15.0 Å². The van der Waals surface area contributed by atoms with Crippen LogP contribution in [0.3, 0.4) is 0 Å². The normalized spacial score (nSPS) is 15.5. The average Bonchev–Trinajstić information content (AvgIpc) is 2.00. The van der Waals surface area contributed by atoms with Gasteiger partial charge in [-0.2, -0.15) is 0 Å². The number of hydrogen-bond donors (Lipinski definition) is 2. The quantitative estimate of drug-likeness (QED) is 0.706. The number of nitrogens with zero attached hydrogens (tertiary/aromatic N) is 1. The van der Waals surface area contributed by atoms with Gasteiger partial charge in [0, 0.05) is 5.54 Å². The van der Waals surface area contributed by atoms with Gasteiger partial charge >= 0.3 is 6.09 Å². The number of hydrogen-bond acceptors (Lipinski definition) is 2. The lowest BCUT2D eigenvalue weighted by atomic mass is 10.00. The summed E-state index contributed by atoms with van der Waals surface area (Å²) in [6, 6.07) is -0.444. The van der Waals surface area contributed by atoms with Crippen molar-refractivity contribution in [1.29, 1.82) is 0 Å². The Morgan fingerprint density at radius 3 is 2.27 bits per heavy atom. The Hall–Kier alpha value is -1.03. The van der Waals surface area contributed by atoms with E-state index in [9.17, 15) is 9.90 Å². The third-order valence-corrected chi connectivity index (χ3v) is 2.30. The molecule has 0 saturated carbocycles. The second kappa shape index (κ2) is 5.16. The van der Waals surface area contributed by atoms with E-state index in [1.54, 1.807) is 33.8 Å². The second-order valence-corrected chi connectivity index (χ2v) is 4.66. The maximum atomic E-state index is 11.1. The molecule has 0 saturated heterocycles. The smallest absolute Gasteiger partial charge is 0.408 e. The lowest BCUT2D eigenvalue weighted by molar-refractivity contribution is 0.0162. The first-order valence-corrected chi connectivity index (χ1v) is 5.03. The van der Waals surface area contributed by atoms with Crippen molar-refractivity contribution in [1.82, 2.24) is 4.90 Å². The minimum atomic E-state index is -1.02. The average molecular weight is 215 g/mol. The summed E-state index contributed by atoms with van der Waals surface area (Å²) in [6.07, 6.45) is 0.251. The molecule has 0 aliphatic carbocycles. The number of aliphatic hydroxyl groups is 1. The molecule has 15 heavy (non-hydrogen) atoms. The van der Waals surface area contributed by atoms with E-state index in [0.717, 1.165) is 0 Å². The highest BCUT2D eigenvalue weighted by molar-refractivity contribution is 5.66. The lowest BCUT2D eigenvalue weighted by Crippen LogP contribution is -2.54. The molecule has 0 rings (SSSR count). The van der Waals surface area contributed by atoms with Crippen LogP contribution in [0.4, 0.5) is 4.79 Å². The predicted molar refractivity (Wildman–Crippen MR) is 59.9 cm³/mol. The van der Waals surface area contributed by atoms with E-state index in [4.69, 9.17) is 5.11 Å². The van der Waals surface area contributed by atoms with Gasteiger partial charge in [-0.1, -0.05) is 6.08 Å². The summed E-state index contributed by atoms with van der Waals surface area (Å²) in [5.74, 6) is 0. The summed E-state index contributed by atoms with van der Waals surface area (Å²) in [6.45, 7) is 10.6. The van der Waals surface area contributed by atoms with Crippen molar-refractivity contribution in [2.75, 3.05) is 0 Å². The first kappa shape index (κ1) is 14.0. The fraction of sp³-hybridized carbons (Fsp3) is 0.727. The maximum absolute atomic E-state index is 11.1. The summed E-state index contributed by atoms with van der Waals surface area (Å²) in [4.78, 5) is 12.4. The van der Waals surface area contributed by atoms with Crippen LogP contribution >= 0.6 is 0 Å². The molecule has 0 aromatic heterocycles. The first-order valence-electron chi connectivity index (χ1n) is 5.03. The zero-order chi connectivity index (χ0) is 12.2. The zero-order valence-corrected chi connectivity index (χ0v) is 9.90. The first-order chi connectivity index (χ1) is 6.71. The van der Waals surface area contributed by atoms with Crippen LogP contribution in [0.5, 0.6) is 0 Å². The maximum Gasteiger partial charge on any atom is 0.408 e. The molecule has 0 spiro atoms. The van der Waals surface area contributed by atoms with Gasteiger partial charge in [0.05, 0.1) is 12.1 Å². The highest BCUT2D eigenvalue weighted by Crippen LogP contribution is 2.20. The van der Waals surface area contributed by atoms with E-state index in [1.165, 1.54) is 4.90 Å². The van der Waals surface area contributed by atoms with E-state index in [2.05, 4.69) is 6.58 Å². The molecule has 0 aromatic carbocycles. The van der Waals surface area contributed by atoms with E-state index >= 15 is 0 Å². The standard InChI is InChI=1S/C11H21NO3/c1-6-7-9(13)8(2)12(10(14)15)11(3,4)5/h6,8-9,13H,1,7H2,2-5H3,(H,14,15)/t8-,9-/m1/s1. The molecule has 0 radical (unpaired) electrons. The summed E-state index contributed by atoms with van der Waals surface area (Å²) >= 11 is 0. The van der Waals surface area contributed by atoms with Crippen molar-refractivity contribution in [3.8, 4) is 0 Å². The summed E-state index contributed by atoms with van der Waals surface area (Å²) in [5.41, 5.74) is -0.520. The number of carbonyl (C=O) groups is 1.